The number of carbonyl (C=O) groups is 1. The molecule has 23 heavy (non-hydrogen) atoms. The molecule has 1 aliphatic carbocycles. The monoisotopic (exact) mass is 311 g/mol. The lowest BCUT2D eigenvalue weighted by Gasteiger charge is -2.24. The molecule has 0 atom stereocenters. The zero-order valence-corrected chi connectivity index (χ0v) is 13.8. The fourth-order valence-electron chi connectivity index (χ4n) is 3.03. The molecule has 1 saturated carbocycles. The van der Waals surface area contributed by atoms with Crippen LogP contribution >= 0.6 is 0 Å². The Morgan fingerprint density at radius 2 is 1.65 bits per heavy atom. The number of carbonyl (C=O) groups excluding carboxylic acids is 1. The summed E-state index contributed by atoms with van der Waals surface area (Å²) < 4.78 is 13.1. The second-order valence-electron chi connectivity index (χ2n) is 7.34. The Bertz CT molecular complexity index is 724. The highest BCUT2D eigenvalue weighted by atomic mass is 19.1. The van der Waals surface area contributed by atoms with E-state index in [1.807, 2.05) is 24.3 Å². The number of benzene rings is 2. The van der Waals surface area contributed by atoms with Gasteiger partial charge >= 0.3 is 0 Å². The molecule has 2 nitrogen and oxygen atoms in total. The molecule has 0 radical (unpaired) electrons. The number of halogens is 1. The van der Waals surface area contributed by atoms with E-state index in [0.717, 1.165) is 29.7 Å². The molecule has 0 spiro atoms. The van der Waals surface area contributed by atoms with Crippen LogP contribution in [0.3, 0.4) is 0 Å². The molecule has 0 saturated heterocycles. The molecular formula is C20H22FNO. The van der Waals surface area contributed by atoms with Crippen molar-refractivity contribution in [3.63, 3.8) is 0 Å². The van der Waals surface area contributed by atoms with Gasteiger partial charge in [0.25, 0.3) is 0 Å². The molecule has 120 valence electrons. The number of hydrogen-bond donors (Lipinski definition) is 1. The molecule has 0 aromatic heterocycles. The Morgan fingerprint density at radius 1 is 1.04 bits per heavy atom. The Labute approximate surface area is 136 Å². The second kappa shape index (κ2) is 5.48. The van der Waals surface area contributed by atoms with Crippen molar-refractivity contribution >= 4 is 11.6 Å². The third-order valence-electron chi connectivity index (χ3n) is 4.56. The summed E-state index contributed by atoms with van der Waals surface area (Å²) >= 11 is 0. The Hall–Kier alpha value is -2.16. The maximum Gasteiger partial charge on any atom is 0.235 e. The van der Waals surface area contributed by atoms with E-state index in [1.54, 1.807) is 12.1 Å². The van der Waals surface area contributed by atoms with Gasteiger partial charge in [0.1, 0.15) is 5.82 Å². The molecule has 1 amide bonds. The van der Waals surface area contributed by atoms with Gasteiger partial charge in [0.05, 0.1) is 5.41 Å². The number of nitrogens with one attached hydrogen (secondary N) is 1. The highest BCUT2D eigenvalue weighted by Crippen LogP contribution is 2.49. The number of amides is 1. The lowest BCUT2D eigenvalue weighted by atomic mass is 9.85. The first-order valence-corrected chi connectivity index (χ1v) is 8.00. The van der Waals surface area contributed by atoms with Crippen LogP contribution in [0.5, 0.6) is 0 Å². The first-order chi connectivity index (χ1) is 10.8. The van der Waals surface area contributed by atoms with Crippen molar-refractivity contribution in [2.45, 2.75) is 44.4 Å². The molecule has 2 aromatic rings. The van der Waals surface area contributed by atoms with Gasteiger partial charge in [-0.3, -0.25) is 4.79 Å². The summed E-state index contributed by atoms with van der Waals surface area (Å²) in [5.74, 6) is -0.274. The van der Waals surface area contributed by atoms with Crippen molar-refractivity contribution in [1.29, 1.82) is 0 Å². The molecule has 0 aliphatic heterocycles. The highest BCUT2D eigenvalue weighted by molar-refractivity contribution is 6.02. The third kappa shape index (κ3) is 3.00. The van der Waals surface area contributed by atoms with Gasteiger partial charge in [0, 0.05) is 5.69 Å². The average molecular weight is 311 g/mol. The van der Waals surface area contributed by atoms with Crippen LogP contribution < -0.4 is 5.32 Å². The first-order valence-electron chi connectivity index (χ1n) is 8.00. The van der Waals surface area contributed by atoms with Crippen LogP contribution in [-0.4, -0.2) is 5.91 Å². The summed E-state index contributed by atoms with van der Waals surface area (Å²) in [6.07, 6.45) is 1.62. The topological polar surface area (TPSA) is 29.1 Å². The summed E-state index contributed by atoms with van der Waals surface area (Å²) in [5, 5.41) is 3.10. The van der Waals surface area contributed by atoms with E-state index in [4.69, 9.17) is 0 Å². The summed E-state index contributed by atoms with van der Waals surface area (Å²) in [4.78, 5) is 12.9. The zero-order valence-electron chi connectivity index (χ0n) is 13.8. The lowest BCUT2D eigenvalue weighted by molar-refractivity contribution is -0.118. The minimum atomic E-state index is -0.501. The summed E-state index contributed by atoms with van der Waals surface area (Å²) in [5.41, 5.74) is 2.32. The van der Waals surface area contributed by atoms with Gasteiger partial charge in [0.2, 0.25) is 5.91 Å². The van der Waals surface area contributed by atoms with Crippen molar-refractivity contribution in [3.8, 4) is 0 Å². The zero-order chi connectivity index (χ0) is 16.7. The standard InChI is InChI=1S/C20H22FNO/c1-19(2,3)16-6-4-5-7-17(16)22-18(23)20(12-13-20)14-8-10-15(21)11-9-14/h4-11H,12-13H2,1-3H3,(H,22,23). The molecule has 3 heteroatoms. The summed E-state index contributed by atoms with van der Waals surface area (Å²) in [6.45, 7) is 6.39. The number of hydrogen-bond acceptors (Lipinski definition) is 1. The highest BCUT2D eigenvalue weighted by Gasteiger charge is 2.51. The Kier molecular flexibility index (Phi) is 3.75. The van der Waals surface area contributed by atoms with Crippen molar-refractivity contribution in [1.82, 2.24) is 0 Å². The smallest absolute Gasteiger partial charge is 0.235 e. The van der Waals surface area contributed by atoms with Crippen LogP contribution in [0.15, 0.2) is 48.5 Å². The van der Waals surface area contributed by atoms with Crippen LogP contribution in [0.4, 0.5) is 10.1 Å². The molecule has 1 N–H and O–H groups in total. The van der Waals surface area contributed by atoms with Crippen LogP contribution in [0, 0.1) is 5.82 Å². The van der Waals surface area contributed by atoms with Crippen molar-refractivity contribution in [3.05, 3.63) is 65.5 Å². The molecule has 0 bridgehead atoms. The maximum absolute atomic E-state index is 13.1. The van der Waals surface area contributed by atoms with Gasteiger partial charge in [-0.2, -0.15) is 0 Å². The normalized spacial score (nSPS) is 16.0. The Morgan fingerprint density at radius 3 is 2.22 bits per heavy atom. The molecule has 3 rings (SSSR count). The minimum Gasteiger partial charge on any atom is -0.325 e. The van der Waals surface area contributed by atoms with E-state index in [-0.39, 0.29) is 17.1 Å². The van der Waals surface area contributed by atoms with Crippen molar-refractivity contribution < 1.29 is 9.18 Å². The van der Waals surface area contributed by atoms with Crippen molar-refractivity contribution in [2.75, 3.05) is 5.32 Å². The second-order valence-corrected chi connectivity index (χ2v) is 7.34. The average Bonchev–Trinajstić information content (AvgIpc) is 3.29. The predicted molar refractivity (Wildman–Crippen MR) is 91.1 cm³/mol. The number of rotatable bonds is 3. The maximum atomic E-state index is 13.1. The van der Waals surface area contributed by atoms with Crippen LogP contribution in [0.1, 0.15) is 44.7 Å². The van der Waals surface area contributed by atoms with E-state index >= 15 is 0 Å². The van der Waals surface area contributed by atoms with E-state index in [2.05, 4.69) is 26.1 Å². The lowest BCUT2D eigenvalue weighted by Crippen LogP contribution is -2.29. The van der Waals surface area contributed by atoms with Crippen LogP contribution in [-0.2, 0) is 15.6 Å². The molecular weight excluding hydrogens is 289 g/mol. The minimum absolute atomic E-state index is 0.000748. The van der Waals surface area contributed by atoms with Gasteiger partial charge in [0.15, 0.2) is 0 Å². The molecule has 0 unspecified atom stereocenters. The third-order valence-corrected chi connectivity index (χ3v) is 4.56. The molecule has 0 heterocycles. The summed E-state index contributed by atoms with van der Waals surface area (Å²) in [7, 11) is 0. The quantitative estimate of drug-likeness (QED) is 0.867. The van der Waals surface area contributed by atoms with Crippen LogP contribution in [0.25, 0.3) is 0 Å². The van der Waals surface area contributed by atoms with Gasteiger partial charge in [-0.25, -0.2) is 4.39 Å². The molecule has 1 aliphatic rings. The van der Waals surface area contributed by atoms with E-state index in [0.29, 0.717) is 0 Å². The number of anilines is 1. The first kappa shape index (κ1) is 15.7. The molecule has 1 fully saturated rings. The largest absolute Gasteiger partial charge is 0.325 e. The van der Waals surface area contributed by atoms with E-state index in [1.165, 1.54) is 12.1 Å². The van der Waals surface area contributed by atoms with Gasteiger partial charge in [-0.15, -0.1) is 0 Å². The van der Waals surface area contributed by atoms with Gasteiger partial charge in [-0.1, -0.05) is 51.1 Å². The fraction of sp³-hybridized carbons (Fsp3) is 0.350. The SMILES string of the molecule is CC(C)(C)c1ccccc1NC(=O)C1(c2ccc(F)cc2)CC1. The predicted octanol–water partition coefficient (Wildman–Crippen LogP) is 4.79. The summed E-state index contributed by atoms with van der Waals surface area (Å²) in [6, 6.07) is 14.2. The van der Waals surface area contributed by atoms with E-state index in [9.17, 15) is 9.18 Å². The van der Waals surface area contributed by atoms with Gasteiger partial charge in [-0.05, 0) is 47.6 Å². The van der Waals surface area contributed by atoms with Crippen LogP contribution in [0.2, 0.25) is 0 Å². The van der Waals surface area contributed by atoms with Crippen molar-refractivity contribution in [2.24, 2.45) is 0 Å². The number of para-hydroxylation sites is 1. The Balaban J connectivity index is 1.87. The fourth-order valence-corrected chi connectivity index (χ4v) is 3.03. The molecule has 2 aromatic carbocycles. The van der Waals surface area contributed by atoms with E-state index < -0.39 is 5.41 Å². The van der Waals surface area contributed by atoms with Gasteiger partial charge < -0.3 is 5.32 Å².